The Hall–Kier alpha value is -1.10. The predicted octanol–water partition coefficient (Wildman–Crippen LogP) is 4.11. The van der Waals surface area contributed by atoms with E-state index in [4.69, 9.17) is 0 Å². The lowest BCUT2D eigenvalue weighted by Crippen LogP contribution is -2.40. The second kappa shape index (κ2) is 5.90. The molecule has 0 aliphatic carbocycles. The van der Waals surface area contributed by atoms with Crippen LogP contribution < -0.4 is 4.90 Å². The molecule has 0 amide bonds. The Bertz CT molecular complexity index is 479. The summed E-state index contributed by atoms with van der Waals surface area (Å²) in [7, 11) is 0. The van der Waals surface area contributed by atoms with Crippen molar-refractivity contribution >= 4 is 27.3 Å². The van der Waals surface area contributed by atoms with Crippen LogP contribution in [-0.4, -0.2) is 17.5 Å². The van der Waals surface area contributed by atoms with Crippen molar-refractivity contribution in [3.05, 3.63) is 33.9 Å². The van der Waals surface area contributed by atoms with Gasteiger partial charge < -0.3 is 4.90 Å². The number of alkyl halides is 1. The summed E-state index contributed by atoms with van der Waals surface area (Å²) in [6.45, 7) is 5.30. The Kier molecular flexibility index (Phi) is 4.45. The summed E-state index contributed by atoms with van der Waals surface area (Å²) in [5, 5.41) is 11.9. The van der Waals surface area contributed by atoms with Gasteiger partial charge in [-0.2, -0.15) is 0 Å². The van der Waals surface area contributed by atoms with E-state index in [2.05, 4.69) is 34.7 Å². The number of anilines is 1. The fourth-order valence-corrected chi connectivity index (χ4v) is 3.16. The highest BCUT2D eigenvalue weighted by atomic mass is 79.9. The third-order valence-corrected chi connectivity index (χ3v) is 4.49. The Labute approximate surface area is 122 Å². The Morgan fingerprint density at radius 2 is 2.21 bits per heavy atom. The largest absolute Gasteiger partial charge is 0.363 e. The van der Waals surface area contributed by atoms with Crippen LogP contribution in [0.25, 0.3) is 0 Å². The van der Waals surface area contributed by atoms with E-state index < -0.39 is 0 Å². The van der Waals surface area contributed by atoms with Crippen molar-refractivity contribution in [3.8, 4) is 0 Å². The van der Waals surface area contributed by atoms with E-state index in [1.807, 2.05) is 12.1 Å². The molecule has 0 saturated carbocycles. The van der Waals surface area contributed by atoms with Crippen LogP contribution in [0.15, 0.2) is 18.2 Å². The SMILES string of the molecule is CC1CCN(c2ccc(CBr)cc2[N+](=O)[O-])C(C)C1. The fraction of sp³-hybridized carbons (Fsp3) is 0.571. The van der Waals surface area contributed by atoms with Crippen LogP contribution in [0.5, 0.6) is 0 Å². The number of nitro groups is 1. The number of halogens is 1. The van der Waals surface area contributed by atoms with Gasteiger partial charge in [0, 0.05) is 24.0 Å². The van der Waals surface area contributed by atoms with Gasteiger partial charge in [-0.15, -0.1) is 0 Å². The first-order valence-corrected chi connectivity index (χ1v) is 7.75. The van der Waals surface area contributed by atoms with E-state index in [1.165, 1.54) is 0 Å². The molecule has 1 aliphatic rings. The van der Waals surface area contributed by atoms with Gasteiger partial charge in [0.2, 0.25) is 0 Å². The van der Waals surface area contributed by atoms with Crippen LogP contribution in [0.3, 0.4) is 0 Å². The molecular weight excluding hydrogens is 308 g/mol. The van der Waals surface area contributed by atoms with E-state index in [0.29, 0.717) is 17.3 Å². The first-order valence-electron chi connectivity index (χ1n) is 6.63. The minimum atomic E-state index is -0.272. The first kappa shape index (κ1) is 14.3. The zero-order valence-electron chi connectivity index (χ0n) is 11.3. The van der Waals surface area contributed by atoms with E-state index in [9.17, 15) is 10.1 Å². The van der Waals surface area contributed by atoms with Crippen molar-refractivity contribution in [3.63, 3.8) is 0 Å². The molecule has 1 aromatic rings. The quantitative estimate of drug-likeness (QED) is 0.477. The smallest absolute Gasteiger partial charge is 0.292 e. The van der Waals surface area contributed by atoms with E-state index in [1.54, 1.807) is 6.07 Å². The molecule has 0 bridgehead atoms. The number of nitro benzene ring substituents is 1. The topological polar surface area (TPSA) is 46.4 Å². The molecule has 104 valence electrons. The second-order valence-corrected chi connectivity index (χ2v) is 5.95. The molecule has 1 heterocycles. The summed E-state index contributed by atoms with van der Waals surface area (Å²) < 4.78 is 0. The molecule has 1 fully saturated rings. The maximum Gasteiger partial charge on any atom is 0.292 e. The zero-order chi connectivity index (χ0) is 14.0. The zero-order valence-corrected chi connectivity index (χ0v) is 12.9. The van der Waals surface area contributed by atoms with Gasteiger partial charge >= 0.3 is 0 Å². The highest BCUT2D eigenvalue weighted by molar-refractivity contribution is 9.08. The highest BCUT2D eigenvalue weighted by Crippen LogP contribution is 2.35. The van der Waals surface area contributed by atoms with Crippen LogP contribution in [0.1, 0.15) is 32.3 Å². The molecule has 0 spiro atoms. The number of nitrogens with zero attached hydrogens (tertiary/aromatic N) is 2. The second-order valence-electron chi connectivity index (χ2n) is 5.39. The van der Waals surface area contributed by atoms with Gasteiger partial charge in [0.25, 0.3) is 5.69 Å². The van der Waals surface area contributed by atoms with Gasteiger partial charge in [-0.25, -0.2) is 0 Å². The predicted molar refractivity (Wildman–Crippen MR) is 80.9 cm³/mol. The van der Waals surface area contributed by atoms with Crippen LogP contribution in [0.4, 0.5) is 11.4 Å². The minimum Gasteiger partial charge on any atom is -0.363 e. The van der Waals surface area contributed by atoms with Crippen molar-refractivity contribution in [2.24, 2.45) is 5.92 Å². The van der Waals surface area contributed by atoms with Crippen LogP contribution in [0, 0.1) is 16.0 Å². The molecule has 1 aliphatic heterocycles. The molecule has 0 N–H and O–H groups in total. The van der Waals surface area contributed by atoms with Gasteiger partial charge in [0.15, 0.2) is 0 Å². The number of benzene rings is 1. The normalized spacial score (nSPS) is 23.4. The van der Waals surface area contributed by atoms with Crippen LogP contribution >= 0.6 is 15.9 Å². The molecule has 2 unspecified atom stereocenters. The molecular formula is C14H19BrN2O2. The third-order valence-electron chi connectivity index (χ3n) is 3.84. The summed E-state index contributed by atoms with van der Waals surface area (Å²) in [4.78, 5) is 13.2. The van der Waals surface area contributed by atoms with E-state index in [0.717, 1.165) is 30.6 Å². The van der Waals surface area contributed by atoms with Crippen molar-refractivity contribution in [2.45, 2.75) is 38.1 Å². The minimum absolute atomic E-state index is 0.221. The van der Waals surface area contributed by atoms with Gasteiger partial charge in [-0.3, -0.25) is 10.1 Å². The van der Waals surface area contributed by atoms with Crippen molar-refractivity contribution < 1.29 is 4.92 Å². The lowest BCUT2D eigenvalue weighted by atomic mass is 9.92. The summed E-state index contributed by atoms with van der Waals surface area (Å²) >= 11 is 3.34. The summed E-state index contributed by atoms with van der Waals surface area (Å²) in [5.41, 5.74) is 1.92. The fourth-order valence-electron chi connectivity index (χ4n) is 2.81. The molecule has 1 saturated heterocycles. The van der Waals surface area contributed by atoms with Crippen LogP contribution in [0.2, 0.25) is 0 Å². The number of rotatable bonds is 3. The summed E-state index contributed by atoms with van der Waals surface area (Å²) in [6, 6.07) is 5.88. The molecule has 2 rings (SSSR count). The van der Waals surface area contributed by atoms with E-state index >= 15 is 0 Å². The molecule has 1 aromatic carbocycles. The van der Waals surface area contributed by atoms with Gasteiger partial charge in [0.1, 0.15) is 5.69 Å². The lowest BCUT2D eigenvalue weighted by Gasteiger charge is -2.37. The average molecular weight is 327 g/mol. The Morgan fingerprint density at radius 3 is 2.79 bits per heavy atom. The highest BCUT2D eigenvalue weighted by Gasteiger charge is 2.28. The molecule has 0 radical (unpaired) electrons. The van der Waals surface area contributed by atoms with Crippen molar-refractivity contribution in [2.75, 3.05) is 11.4 Å². The van der Waals surface area contributed by atoms with Gasteiger partial charge in [0.05, 0.1) is 4.92 Å². The van der Waals surface area contributed by atoms with Gasteiger partial charge in [-0.1, -0.05) is 28.9 Å². The first-order chi connectivity index (χ1) is 9.02. The third kappa shape index (κ3) is 3.08. The summed E-state index contributed by atoms with van der Waals surface area (Å²) in [6.07, 6.45) is 2.19. The van der Waals surface area contributed by atoms with E-state index in [-0.39, 0.29) is 10.6 Å². The van der Waals surface area contributed by atoms with Crippen molar-refractivity contribution in [1.82, 2.24) is 0 Å². The molecule has 0 aromatic heterocycles. The van der Waals surface area contributed by atoms with Crippen LogP contribution in [-0.2, 0) is 5.33 Å². The maximum absolute atomic E-state index is 11.3. The Morgan fingerprint density at radius 1 is 1.47 bits per heavy atom. The monoisotopic (exact) mass is 326 g/mol. The van der Waals surface area contributed by atoms with Crippen molar-refractivity contribution in [1.29, 1.82) is 0 Å². The number of hydrogen-bond donors (Lipinski definition) is 0. The molecule has 5 heteroatoms. The van der Waals surface area contributed by atoms with Gasteiger partial charge in [-0.05, 0) is 37.3 Å². The summed E-state index contributed by atoms with van der Waals surface area (Å²) in [5.74, 6) is 0.701. The number of hydrogen-bond acceptors (Lipinski definition) is 3. The maximum atomic E-state index is 11.3. The average Bonchev–Trinajstić information content (AvgIpc) is 2.38. The molecule has 4 nitrogen and oxygen atoms in total. The molecule has 2 atom stereocenters. The lowest BCUT2D eigenvalue weighted by molar-refractivity contribution is -0.384. The molecule has 19 heavy (non-hydrogen) atoms. The standard InChI is InChI=1S/C14H19BrN2O2/c1-10-5-6-16(11(2)7-10)13-4-3-12(9-15)8-14(13)17(18)19/h3-4,8,10-11H,5-7,9H2,1-2H3. The Balaban J connectivity index is 2.36. The number of piperidine rings is 1.